The molecule has 4 rings (SSSR count). The fraction of sp³-hybridized carbons (Fsp3) is 0.316. The fourth-order valence-corrected chi connectivity index (χ4v) is 4.60. The molecule has 7 nitrogen and oxygen atoms in total. The van der Waals surface area contributed by atoms with Gasteiger partial charge in [0.05, 0.1) is 34.9 Å². The first-order chi connectivity index (χ1) is 13.4. The molecule has 2 N–H and O–H groups in total. The van der Waals surface area contributed by atoms with E-state index in [1.54, 1.807) is 23.6 Å². The van der Waals surface area contributed by atoms with Crippen LogP contribution >= 0.6 is 23.8 Å². The number of benzene rings is 1. The number of fused-ring (bicyclic) bond motifs is 5. The number of thiocarbonyl (C=S) groups is 1. The number of rotatable bonds is 2. The summed E-state index contributed by atoms with van der Waals surface area (Å²) in [5, 5.41) is 23.8. The Morgan fingerprint density at radius 1 is 1.54 bits per heavy atom. The number of nitrogens with zero attached hydrogens (tertiary/aromatic N) is 4. The molecule has 0 aliphatic carbocycles. The lowest BCUT2D eigenvalue weighted by Gasteiger charge is -2.29. The van der Waals surface area contributed by atoms with Crippen molar-refractivity contribution in [3.63, 3.8) is 0 Å². The van der Waals surface area contributed by atoms with Crippen LogP contribution in [0.4, 0.5) is 0 Å². The largest absolute Gasteiger partial charge is 0.493 e. The van der Waals surface area contributed by atoms with Gasteiger partial charge in [0, 0.05) is 6.54 Å². The van der Waals surface area contributed by atoms with E-state index in [-0.39, 0.29) is 28.7 Å². The van der Waals surface area contributed by atoms with E-state index in [0.717, 1.165) is 0 Å². The molecule has 2 aromatic rings. The summed E-state index contributed by atoms with van der Waals surface area (Å²) in [5.74, 6) is 2.35. The Kier molecular flexibility index (Phi) is 4.34. The third-order valence-electron chi connectivity index (χ3n) is 5.38. The monoisotopic (exact) mass is 413 g/mol. The molecule has 0 unspecified atom stereocenters. The van der Waals surface area contributed by atoms with E-state index in [2.05, 4.69) is 11.2 Å². The number of hydrogen-bond acceptors (Lipinski definition) is 4. The lowest BCUT2D eigenvalue weighted by atomic mass is 10.1. The second-order valence-corrected chi connectivity index (χ2v) is 7.57. The molecule has 1 fully saturated rings. The molecule has 2 aliphatic heterocycles. The average molecular weight is 414 g/mol. The third kappa shape index (κ3) is 2.42. The van der Waals surface area contributed by atoms with E-state index in [1.807, 2.05) is 11.0 Å². The minimum atomic E-state index is -0.328. The van der Waals surface area contributed by atoms with Gasteiger partial charge in [-0.2, -0.15) is 5.26 Å². The van der Waals surface area contributed by atoms with Gasteiger partial charge in [-0.15, -0.1) is 6.42 Å². The second kappa shape index (κ2) is 6.59. The first-order valence-electron chi connectivity index (χ1n) is 8.64. The van der Waals surface area contributed by atoms with Gasteiger partial charge < -0.3 is 15.3 Å². The van der Waals surface area contributed by atoms with E-state index in [4.69, 9.17) is 35.5 Å². The summed E-state index contributed by atoms with van der Waals surface area (Å²) in [5.41, 5.74) is 1.53. The van der Waals surface area contributed by atoms with Gasteiger partial charge in [-0.05, 0) is 43.3 Å². The molecule has 3 heterocycles. The van der Waals surface area contributed by atoms with Crippen molar-refractivity contribution in [2.24, 2.45) is 0 Å². The van der Waals surface area contributed by atoms with E-state index in [0.29, 0.717) is 47.1 Å². The highest BCUT2D eigenvalue weighted by Crippen LogP contribution is 2.48. The molecule has 142 valence electrons. The van der Waals surface area contributed by atoms with Crippen molar-refractivity contribution in [2.45, 2.75) is 25.4 Å². The van der Waals surface area contributed by atoms with Crippen LogP contribution in [0.25, 0.3) is 5.69 Å². The van der Waals surface area contributed by atoms with Crippen molar-refractivity contribution in [3.8, 4) is 30.0 Å². The van der Waals surface area contributed by atoms with Crippen molar-refractivity contribution in [1.82, 2.24) is 19.4 Å². The summed E-state index contributed by atoms with van der Waals surface area (Å²) in [7, 11) is 0. The lowest BCUT2D eigenvalue weighted by Crippen LogP contribution is -2.43. The van der Waals surface area contributed by atoms with Crippen molar-refractivity contribution in [3.05, 3.63) is 44.5 Å². The number of imidazole rings is 1. The summed E-state index contributed by atoms with van der Waals surface area (Å²) in [6.45, 7) is 2.60. The molecular weight excluding hydrogens is 398 g/mol. The Morgan fingerprint density at radius 3 is 2.96 bits per heavy atom. The molecule has 0 saturated carbocycles. The van der Waals surface area contributed by atoms with Crippen LogP contribution in [0.3, 0.4) is 0 Å². The van der Waals surface area contributed by atoms with Gasteiger partial charge >= 0.3 is 5.69 Å². The van der Waals surface area contributed by atoms with Gasteiger partial charge in [-0.1, -0.05) is 17.5 Å². The van der Waals surface area contributed by atoms with Gasteiger partial charge in [0.2, 0.25) is 5.88 Å². The van der Waals surface area contributed by atoms with Crippen LogP contribution in [0.15, 0.2) is 16.9 Å². The molecule has 2 aliphatic rings. The van der Waals surface area contributed by atoms with Crippen LogP contribution in [0.1, 0.15) is 35.3 Å². The number of halogens is 1. The number of aromatic hydroxyl groups is 1. The fourth-order valence-electron chi connectivity index (χ4n) is 4.12. The SMILES string of the molecule is C#CCNC(=S)N1C[C@@H]2C[C@H]1c1c(O)n(-c3ccc(C#N)c(Cl)c3C)c(=O)n12. The zero-order chi connectivity index (χ0) is 20.2. The molecule has 0 amide bonds. The highest BCUT2D eigenvalue weighted by molar-refractivity contribution is 7.80. The van der Waals surface area contributed by atoms with Gasteiger partial charge in [0.1, 0.15) is 11.8 Å². The minimum Gasteiger partial charge on any atom is -0.493 e. The Balaban J connectivity index is 1.80. The van der Waals surface area contributed by atoms with Crippen LogP contribution in [0.5, 0.6) is 5.88 Å². The second-order valence-electron chi connectivity index (χ2n) is 6.80. The van der Waals surface area contributed by atoms with E-state index >= 15 is 0 Å². The molecule has 1 aromatic carbocycles. The molecule has 0 spiro atoms. The van der Waals surface area contributed by atoms with Crippen molar-refractivity contribution >= 4 is 28.9 Å². The van der Waals surface area contributed by atoms with Crippen LogP contribution in [-0.4, -0.2) is 37.3 Å². The third-order valence-corrected chi connectivity index (χ3v) is 6.25. The Morgan fingerprint density at radius 2 is 2.29 bits per heavy atom. The smallest absolute Gasteiger partial charge is 0.336 e. The maximum absolute atomic E-state index is 13.1. The van der Waals surface area contributed by atoms with Gasteiger partial charge in [-0.3, -0.25) is 4.57 Å². The Bertz CT molecular complexity index is 1150. The highest BCUT2D eigenvalue weighted by Gasteiger charge is 2.48. The van der Waals surface area contributed by atoms with Crippen LogP contribution in [0.2, 0.25) is 5.02 Å². The maximum Gasteiger partial charge on any atom is 0.336 e. The molecule has 9 heteroatoms. The number of nitriles is 1. The van der Waals surface area contributed by atoms with Gasteiger partial charge in [0.15, 0.2) is 5.11 Å². The highest BCUT2D eigenvalue weighted by atomic mass is 35.5. The first kappa shape index (κ1) is 18.4. The first-order valence-corrected chi connectivity index (χ1v) is 9.42. The lowest BCUT2D eigenvalue weighted by molar-refractivity contribution is 0.334. The van der Waals surface area contributed by atoms with E-state index in [9.17, 15) is 9.90 Å². The number of aromatic nitrogens is 2. The van der Waals surface area contributed by atoms with Gasteiger partial charge in [-0.25, -0.2) is 9.36 Å². The summed E-state index contributed by atoms with van der Waals surface area (Å²) in [4.78, 5) is 15.1. The maximum atomic E-state index is 13.1. The van der Waals surface area contributed by atoms with Crippen LogP contribution < -0.4 is 11.0 Å². The zero-order valence-electron chi connectivity index (χ0n) is 14.9. The van der Waals surface area contributed by atoms with Crippen molar-refractivity contribution in [2.75, 3.05) is 13.1 Å². The molecule has 0 radical (unpaired) electrons. The van der Waals surface area contributed by atoms with Crippen molar-refractivity contribution < 1.29 is 5.11 Å². The normalized spacial score (nSPS) is 19.2. The zero-order valence-corrected chi connectivity index (χ0v) is 16.5. The summed E-state index contributed by atoms with van der Waals surface area (Å²) in [6.07, 6.45) is 5.97. The topological polar surface area (TPSA) is 86.2 Å². The molecule has 2 atom stereocenters. The Labute approximate surface area is 171 Å². The molecular formula is C19H16ClN5O2S. The molecule has 2 bridgehead atoms. The predicted octanol–water partition coefficient (Wildman–Crippen LogP) is 1.99. The number of likely N-dealkylation sites (tertiary alicyclic amines) is 1. The summed E-state index contributed by atoms with van der Waals surface area (Å²) < 4.78 is 2.88. The number of terminal acetylenes is 1. The number of hydrogen-bond donors (Lipinski definition) is 2. The molecule has 1 saturated heterocycles. The summed E-state index contributed by atoms with van der Waals surface area (Å²) >= 11 is 11.7. The van der Waals surface area contributed by atoms with Gasteiger partial charge in [0.25, 0.3) is 0 Å². The average Bonchev–Trinajstić information content (AvgIpc) is 3.34. The van der Waals surface area contributed by atoms with Crippen molar-refractivity contribution in [1.29, 1.82) is 5.26 Å². The van der Waals surface area contributed by atoms with Crippen LogP contribution in [-0.2, 0) is 0 Å². The molecule has 1 aromatic heterocycles. The standard InChI is InChI=1S/C19H16ClN5O2S/c1-3-6-22-18(28)23-9-12-7-14(23)16-17(26)25(19(27)24(12)16)13-5-4-11(8-21)15(20)10(13)2/h1,4-5,12,14,26H,6-7,9H2,2H3,(H,22,28)/t12-,14-/m0/s1. The predicted molar refractivity (Wildman–Crippen MR) is 109 cm³/mol. The van der Waals surface area contributed by atoms with E-state index < -0.39 is 0 Å². The number of nitrogens with one attached hydrogen (secondary N) is 1. The molecule has 28 heavy (non-hydrogen) atoms. The quantitative estimate of drug-likeness (QED) is 0.578. The Hall–Kier alpha value is -2.94. The van der Waals surface area contributed by atoms with E-state index in [1.165, 1.54) is 4.57 Å². The summed E-state index contributed by atoms with van der Waals surface area (Å²) in [6, 6.07) is 4.89. The minimum absolute atomic E-state index is 0.0839. The van der Waals surface area contributed by atoms with Crippen LogP contribution in [0, 0.1) is 30.6 Å².